The molecule has 0 unspecified atom stereocenters. The number of rotatable bonds is 5. The molecule has 1 N–H and O–H groups in total. The van der Waals surface area contributed by atoms with Gasteiger partial charge in [-0.2, -0.15) is 0 Å². The maximum Gasteiger partial charge on any atom is 0.142 e. The van der Waals surface area contributed by atoms with E-state index in [-0.39, 0.29) is 0 Å². The fourth-order valence-corrected chi connectivity index (χ4v) is 1.91. The van der Waals surface area contributed by atoms with Crippen LogP contribution in [0.2, 0.25) is 0 Å². The zero-order valence-electron chi connectivity index (χ0n) is 10.3. The molecule has 0 fully saturated rings. The maximum atomic E-state index is 4.47. The summed E-state index contributed by atoms with van der Waals surface area (Å²) in [5.41, 5.74) is 1.19. The molecule has 0 aliphatic heterocycles. The molecular weight excluding hydrogens is 212 g/mol. The number of aryl methyl sites for hydroxylation is 1. The number of hydrogen-bond acceptors (Lipinski definition) is 3. The Kier molecular flexibility index (Phi) is 3.88. The molecule has 4 heteroatoms. The second kappa shape index (κ2) is 5.59. The van der Waals surface area contributed by atoms with Crippen molar-refractivity contribution in [2.45, 2.75) is 26.3 Å². The monoisotopic (exact) mass is 230 g/mol. The smallest absolute Gasteiger partial charge is 0.142 e. The quantitative estimate of drug-likeness (QED) is 0.853. The first-order valence-electron chi connectivity index (χ1n) is 5.98. The van der Waals surface area contributed by atoms with Gasteiger partial charge >= 0.3 is 0 Å². The summed E-state index contributed by atoms with van der Waals surface area (Å²) in [5, 5.41) is 3.16. The van der Waals surface area contributed by atoms with Gasteiger partial charge in [0.2, 0.25) is 0 Å². The molecule has 2 rings (SSSR count). The van der Waals surface area contributed by atoms with E-state index in [9.17, 15) is 0 Å². The average Bonchev–Trinajstić information content (AvgIpc) is 2.79. The van der Waals surface area contributed by atoms with Gasteiger partial charge < -0.3 is 5.32 Å². The molecule has 90 valence electrons. The summed E-state index contributed by atoms with van der Waals surface area (Å²) < 4.78 is 2.08. The van der Waals surface area contributed by atoms with E-state index in [1.807, 2.05) is 31.7 Å². The van der Waals surface area contributed by atoms with Crippen LogP contribution >= 0.6 is 0 Å². The van der Waals surface area contributed by atoms with E-state index < -0.39 is 0 Å². The lowest BCUT2D eigenvalue weighted by Crippen LogP contribution is -2.11. The van der Waals surface area contributed by atoms with E-state index in [0.717, 1.165) is 31.0 Å². The van der Waals surface area contributed by atoms with Crippen LogP contribution in [0.15, 0.2) is 30.7 Å². The van der Waals surface area contributed by atoms with Gasteiger partial charge in [-0.3, -0.25) is 4.57 Å². The van der Waals surface area contributed by atoms with E-state index in [1.54, 1.807) is 0 Å². The van der Waals surface area contributed by atoms with Gasteiger partial charge in [0.05, 0.1) is 0 Å². The van der Waals surface area contributed by atoms with Gasteiger partial charge in [0, 0.05) is 37.1 Å². The Hall–Kier alpha value is -1.68. The highest BCUT2D eigenvalue weighted by Crippen LogP contribution is 2.14. The second-order valence-corrected chi connectivity index (χ2v) is 3.98. The van der Waals surface area contributed by atoms with Gasteiger partial charge in [-0.1, -0.05) is 13.0 Å². The van der Waals surface area contributed by atoms with Crippen molar-refractivity contribution in [1.29, 1.82) is 0 Å². The van der Waals surface area contributed by atoms with Crippen LogP contribution in [0.1, 0.15) is 24.7 Å². The highest BCUT2D eigenvalue weighted by atomic mass is 15.1. The number of nitrogens with zero attached hydrogens (tertiary/aromatic N) is 3. The Bertz CT molecular complexity index is 476. The Morgan fingerprint density at radius 1 is 1.29 bits per heavy atom. The lowest BCUT2D eigenvalue weighted by molar-refractivity contribution is 0.766. The van der Waals surface area contributed by atoms with Gasteiger partial charge in [0.25, 0.3) is 0 Å². The topological polar surface area (TPSA) is 42.7 Å². The molecule has 0 aliphatic carbocycles. The number of hydrogen-bond donors (Lipinski definition) is 1. The van der Waals surface area contributed by atoms with Crippen molar-refractivity contribution in [3.63, 3.8) is 0 Å². The zero-order valence-corrected chi connectivity index (χ0v) is 10.3. The Morgan fingerprint density at radius 3 is 2.94 bits per heavy atom. The minimum absolute atomic E-state index is 0.812. The van der Waals surface area contributed by atoms with Crippen LogP contribution in [-0.2, 0) is 13.0 Å². The van der Waals surface area contributed by atoms with Crippen molar-refractivity contribution in [2.24, 2.45) is 0 Å². The molecule has 2 heterocycles. The summed E-state index contributed by atoms with van der Waals surface area (Å²) in [7, 11) is 1.94. The van der Waals surface area contributed by atoms with Crippen LogP contribution in [-0.4, -0.2) is 21.6 Å². The molecule has 0 atom stereocenters. The van der Waals surface area contributed by atoms with Crippen LogP contribution in [0.4, 0.5) is 0 Å². The normalized spacial score (nSPS) is 10.7. The summed E-state index contributed by atoms with van der Waals surface area (Å²) in [6, 6.07) is 4.06. The third-order valence-electron chi connectivity index (χ3n) is 2.65. The lowest BCUT2D eigenvalue weighted by Gasteiger charge is -2.11. The standard InChI is InChI=1S/C13H18N4/c1-3-5-12-15-8-9-17(12)13-11(10-14-2)6-4-7-16-13/h4,6-9,14H,3,5,10H2,1-2H3. The van der Waals surface area contributed by atoms with Crippen LogP contribution in [0.3, 0.4) is 0 Å². The van der Waals surface area contributed by atoms with Crippen molar-refractivity contribution in [3.8, 4) is 5.82 Å². The molecule has 0 amide bonds. The number of nitrogens with one attached hydrogen (secondary N) is 1. The SMILES string of the molecule is CCCc1nccn1-c1ncccc1CNC. The first-order chi connectivity index (χ1) is 8.36. The highest BCUT2D eigenvalue weighted by Gasteiger charge is 2.08. The predicted molar refractivity (Wildman–Crippen MR) is 68.1 cm³/mol. The minimum Gasteiger partial charge on any atom is -0.316 e. The van der Waals surface area contributed by atoms with Crippen molar-refractivity contribution in [3.05, 3.63) is 42.1 Å². The summed E-state index contributed by atoms with van der Waals surface area (Å²) in [6.45, 7) is 2.97. The van der Waals surface area contributed by atoms with E-state index >= 15 is 0 Å². The molecule has 0 saturated carbocycles. The summed E-state index contributed by atoms with van der Waals surface area (Å²) in [6.07, 6.45) is 7.70. The molecule has 0 radical (unpaired) electrons. The van der Waals surface area contributed by atoms with E-state index in [0.29, 0.717) is 0 Å². The molecule has 2 aromatic heterocycles. The fourth-order valence-electron chi connectivity index (χ4n) is 1.91. The lowest BCUT2D eigenvalue weighted by atomic mass is 10.2. The largest absolute Gasteiger partial charge is 0.316 e. The molecule has 4 nitrogen and oxygen atoms in total. The van der Waals surface area contributed by atoms with Crippen molar-refractivity contribution in [2.75, 3.05) is 7.05 Å². The van der Waals surface area contributed by atoms with E-state index in [2.05, 4.69) is 32.8 Å². The van der Waals surface area contributed by atoms with Crippen molar-refractivity contribution >= 4 is 0 Å². The third-order valence-corrected chi connectivity index (χ3v) is 2.65. The summed E-state index contributed by atoms with van der Waals surface area (Å²) in [4.78, 5) is 8.85. The number of pyridine rings is 1. The van der Waals surface area contributed by atoms with Gasteiger partial charge in [-0.05, 0) is 19.5 Å². The Labute approximate surface area is 102 Å². The highest BCUT2D eigenvalue weighted by molar-refractivity contribution is 5.34. The molecular formula is C13H18N4. The summed E-state index contributed by atoms with van der Waals surface area (Å²) in [5.74, 6) is 2.05. The summed E-state index contributed by atoms with van der Waals surface area (Å²) >= 11 is 0. The Morgan fingerprint density at radius 2 is 2.18 bits per heavy atom. The van der Waals surface area contributed by atoms with Gasteiger partial charge in [-0.25, -0.2) is 9.97 Å². The predicted octanol–water partition coefficient (Wildman–Crippen LogP) is 1.94. The molecule has 0 aromatic carbocycles. The van der Waals surface area contributed by atoms with Crippen LogP contribution in [0.25, 0.3) is 5.82 Å². The van der Waals surface area contributed by atoms with Gasteiger partial charge in [0.15, 0.2) is 0 Å². The minimum atomic E-state index is 0.812. The molecule has 2 aromatic rings. The molecule has 0 spiro atoms. The van der Waals surface area contributed by atoms with Crippen LogP contribution in [0, 0.1) is 0 Å². The molecule has 0 saturated heterocycles. The Balaban J connectivity index is 2.41. The maximum absolute atomic E-state index is 4.47. The van der Waals surface area contributed by atoms with E-state index in [1.165, 1.54) is 5.56 Å². The van der Waals surface area contributed by atoms with E-state index in [4.69, 9.17) is 0 Å². The average molecular weight is 230 g/mol. The first kappa shape index (κ1) is 11.8. The number of aromatic nitrogens is 3. The van der Waals surface area contributed by atoms with Crippen LogP contribution in [0.5, 0.6) is 0 Å². The third kappa shape index (κ3) is 2.53. The first-order valence-corrected chi connectivity index (χ1v) is 5.98. The second-order valence-electron chi connectivity index (χ2n) is 3.98. The van der Waals surface area contributed by atoms with Gasteiger partial charge in [0.1, 0.15) is 11.6 Å². The zero-order chi connectivity index (χ0) is 12.1. The van der Waals surface area contributed by atoms with Crippen LogP contribution < -0.4 is 5.32 Å². The molecule has 0 aliphatic rings. The van der Waals surface area contributed by atoms with Gasteiger partial charge in [-0.15, -0.1) is 0 Å². The van der Waals surface area contributed by atoms with Crippen molar-refractivity contribution < 1.29 is 0 Å². The van der Waals surface area contributed by atoms with Crippen molar-refractivity contribution in [1.82, 2.24) is 19.9 Å². The molecule has 17 heavy (non-hydrogen) atoms. The molecule has 0 bridgehead atoms. The number of imidazole rings is 1. The fraction of sp³-hybridized carbons (Fsp3) is 0.385.